The van der Waals surface area contributed by atoms with Crippen molar-refractivity contribution in [2.24, 2.45) is 0 Å². The molecule has 0 saturated carbocycles. The van der Waals surface area contributed by atoms with E-state index in [1.807, 2.05) is 59.1 Å². The molecule has 2 atom stereocenters. The van der Waals surface area contributed by atoms with Gasteiger partial charge in [-0.25, -0.2) is 4.79 Å². The molecular weight excluding hydrogens is 372 g/mol. The first-order chi connectivity index (χ1) is 13.6. The third-order valence-electron chi connectivity index (χ3n) is 5.36. The third kappa shape index (κ3) is 5.41. The van der Waals surface area contributed by atoms with Crippen LogP contribution in [-0.2, 0) is 15.1 Å². The molecule has 2 aliphatic heterocycles. The fraction of sp³-hybridized carbons (Fsp3) is 0.682. The van der Waals surface area contributed by atoms with Gasteiger partial charge >= 0.3 is 6.09 Å². The number of hydrogen-bond donors (Lipinski definition) is 1. The molecule has 7 nitrogen and oxygen atoms in total. The van der Waals surface area contributed by atoms with Gasteiger partial charge < -0.3 is 24.2 Å². The predicted octanol–water partition coefficient (Wildman–Crippen LogP) is 2.61. The molecule has 0 spiro atoms. The van der Waals surface area contributed by atoms with Gasteiger partial charge in [0.1, 0.15) is 18.0 Å². The van der Waals surface area contributed by atoms with Crippen LogP contribution in [0.3, 0.4) is 0 Å². The van der Waals surface area contributed by atoms with Crippen LogP contribution in [0.5, 0.6) is 5.75 Å². The number of benzene rings is 1. The average Bonchev–Trinajstić information content (AvgIpc) is 2.59. The van der Waals surface area contributed by atoms with E-state index in [1.165, 1.54) is 0 Å². The molecule has 2 saturated heterocycles. The molecule has 2 fully saturated rings. The maximum absolute atomic E-state index is 12.7. The number of amides is 1. The Labute approximate surface area is 173 Å². The van der Waals surface area contributed by atoms with Gasteiger partial charge in [-0.1, -0.05) is 12.1 Å². The van der Waals surface area contributed by atoms with Crippen LogP contribution in [0.4, 0.5) is 4.79 Å². The zero-order chi connectivity index (χ0) is 21.2. The minimum absolute atomic E-state index is 0.210. The molecule has 2 unspecified atom stereocenters. The van der Waals surface area contributed by atoms with E-state index in [1.54, 1.807) is 4.90 Å². The predicted molar refractivity (Wildman–Crippen MR) is 110 cm³/mol. The summed E-state index contributed by atoms with van der Waals surface area (Å²) in [6, 6.07) is 7.22. The third-order valence-corrected chi connectivity index (χ3v) is 5.36. The normalized spacial score (nSPS) is 27.1. The van der Waals surface area contributed by atoms with E-state index in [4.69, 9.17) is 14.2 Å². The number of fused-ring (bicyclic) bond motifs is 2. The van der Waals surface area contributed by atoms with Crippen molar-refractivity contribution in [1.29, 1.82) is 0 Å². The highest BCUT2D eigenvalue weighted by Gasteiger charge is 2.49. The van der Waals surface area contributed by atoms with E-state index in [0.717, 1.165) is 17.9 Å². The number of likely N-dealkylation sites (N-methyl/N-ethyl adjacent to an activating group) is 1. The largest absolute Gasteiger partial charge is 0.492 e. The summed E-state index contributed by atoms with van der Waals surface area (Å²) in [4.78, 5) is 16.5. The van der Waals surface area contributed by atoms with Gasteiger partial charge in [0.15, 0.2) is 0 Å². The molecule has 162 valence electrons. The average molecular weight is 407 g/mol. The molecule has 7 heteroatoms. The number of morpholine rings is 1. The lowest BCUT2D eigenvalue weighted by atomic mass is 9.77. The second kappa shape index (κ2) is 8.50. The number of ether oxygens (including phenoxy) is 3. The molecule has 0 radical (unpaired) electrons. The number of carbonyl (C=O) groups is 1. The fourth-order valence-corrected chi connectivity index (χ4v) is 4.03. The van der Waals surface area contributed by atoms with Crippen LogP contribution in [0, 0.1) is 0 Å². The summed E-state index contributed by atoms with van der Waals surface area (Å²) in [5, 5.41) is 11.4. The Morgan fingerprint density at radius 2 is 1.79 bits per heavy atom. The SMILES string of the molecule is CN(C)CCOc1ccc(C2(O)CC3COCC(C2)N3C(=O)OC(C)(C)C)cc1. The Kier molecular flexibility index (Phi) is 6.41. The van der Waals surface area contributed by atoms with Crippen molar-refractivity contribution in [3.05, 3.63) is 29.8 Å². The standard InChI is InChI=1S/C22H34N2O5/c1-21(2,3)29-20(25)24-17-12-22(26,13-18(24)15-27-14-17)16-6-8-19(9-7-16)28-11-10-23(4)5/h6-9,17-18,26H,10-15H2,1-5H3. The molecule has 1 amide bonds. The second-order valence-electron chi connectivity index (χ2n) is 9.35. The number of piperidine rings is 1. The highest BCUT2D eigenvalue weighted by molar-refractivity contribution is 5.69. The van der Waals surface area contributed by atoms with Crippen LogP contribution >= 0.6 is 0 Å². The summed E-state index contributed by atoms with van der Waals surface area (Å²) in [5.74, 6) is 0.786. The molecule has 2 aliphatic rings. The number of rotatable bonds is 5. The molecule has 1 aromatic rings. The van der Waals surface area contributed by atoms with Crippen molar-refractivity contribution in [1.82, 2.24) is 9.80 Å². The van der Waals surface area contributed by atoms with Gasteiger partial charge in [-0.2, -0.15) is 0 Å². The highest BCUT2D eigenvalue weighted by Crippen LogP contribution is 2.41. The Morgan fingerprint density at radius 1 is 1.21 bits per heavy atom. The highest BCUT2D eigenvalue weighted by atomic mass is 16.6. The Balaban J connectivity index is 1.69. The number of aliphatic hydroxyl groups is 1. The van der Waals surface area contributed by atoms with E-state index >= 15 is 0 Å². The summed E-state index contributed by atoms with van der Waals surface area (Å²) in [6.45, 7) is 7.85. The van der Waals surface area contributed by atoms with E-state index in [-0.39, 0.29) is 18.2 Å². The van der Waals surface area contributed by atoms with E-state index in [9.17, 15) is 9.90 Å². The first-order valence-corrected chi connectivity index (χ1v) is 10.3. The summed E-state index contributed by atoms with van der Waals surface area (Å²) in [7, 11) is 4.01. The number of carbonyl (C=O) groups excluding carboxylic acids is 1. The summed E-state index contributed by atoms with van der Waals surface area (Å²) >= 11 is 0. The minimum atomic E-state index is -1.00. The topological polar surface area (TPSA) is 71.5 Å². The first-order valence-electron chi connectivity index (χ1n) is 10.3. The summed E-state index contributed by atoms with van der Waals surface area (Å²) in [5.41, 5.74) is -0.708. The number of hydrogen-bond acceptors (Lipinski definition) is 6. The molecule has 0 aromatic heterocycles. The molecule has 3 rings (SSSR count). The van der Waals surface area contributed by atoms with Crippen LogP contribution < -0.4 is 4.74 Å². The van der Waals surface area contributed by atoms with Crippen LogP contribution in [0.2, 0.25) is 0 Å². The van der Waals surface area contributed by atoms with Gasteiger partial charge in [-0.15, -0.1) is 0 Å². The quantitative estimate of drug-likeness (QED) is 0.811. The maximum atomic E-state index is 12.7. The molecule has 2 bridgehead atoms. The van der Waals surface area contributed by atoms with E-state index < -0.39 is 11.2 Å². The fourth-order valence-electron chi connectivity index (χ4n) is 4.03. The van der Waals surface area contributed by atoms with Gasteiger partial charge in [0.25, 0.3) is 0 Å². The van der Waals surface area contributed by atoms with Gasteiger partial charge in [-0.05, 0) is 52.6 Å². The van der Waals surface area contributed by atoms with E-state index in [2.05, 4.69) is 4.90 Å². The van der Waals surface area contributed by atoms with Crippen molar-refractivity contribution in [2.45, 2.75) is 56.9 Å². The molecule has 0 aliphatic carbocycles. The van der Waals surface area contributed by atoms with Crippen LogP contribution in [0.15, 0.2) is 24.3 Å². The zero-order valence-electron chi connectivity index (χ0n) is 18.2. The van der Waals surface area contributed by atoms with Crippen molar-refractivity contribution in [2.75, 3.05) is 40.5 Å². The Morgan fingerprint density at radius 3 is 2.31 bits per heavy atom. The second-order valence-corrected chi connectivity index (χ2v) is 9.35. The van der Waals surface area contributed by atoms with Crippen molar-refractivity contribution < 1.29 is 24.1 Å². The van der Waals surface area contributed by atoms with Gasteiger partial charge in [0, 0.05) is 19.4 Å². The zero-order valence-corrected chi connectivity index (χ0v) is 18.2. The molecule has 2 heterocycles. The summed E-state index contributed by atoms with van der Waals surface area (Å²) < 4.78 is 17.0. The Bertz CT molecular complexity index is 684. The molecule has 29 heavy (non-hydrogen) atoms. The van der Waals surface area contributed by atoms with E-state index in [0.29, 0.717) is 32.7 Å². The van der Waals surface area contributed by atoms with Gasteiger partial charge in [0.05, 0.1) is 30.9 Å². The minimum Gasteiger partial charge on any atom is -0.492 e. The lowest BCUT2D eigenvalue weighted by Crippen LogP contribution is -2.63. The van der Waals surface area contributed by atoms with Crippen LogP contribution in [-0.4, -0.2) is 79.1 Å². The monoisotopic (exact) mass is 406 g/mol. The van der Waals surface area contributed by atoms with Crippen LogP contribution in [0.1, 0.15) is 39.2 Å². The first kappa shape index (κ1) is 21.9. The van der Waals surface area contributed by atoms with Crippen molar-refractivity contribution in [3.63, 3.8) is 0 Å². The number of nitrogens with zero attached hydrogens (tertiary/aromatic N) is 2. The smallest absolute Gasteiger partial charge is 0.410 e. The molecule has 1 aromatic carbocycles. The molecular formula is C22H34N2O5. The summed E-state index contributed by atoms with van der Waals surface area (Å²) in [6.07, 6.45) is 0.509. The van der Waals surface area contributed by atoms with Crippen molar-refractivity contribution in [3.8, 4) is 5.75 Å². The van der Waals surface area contributed by atoms with Gasteiger partial charge in [0.2, 0.25) is 0 Å². The lowest BCUT2D eigenvalue weighted by molar-refractivity contribution is -0.141. The Hall–Kier alpha value is -1.83. The van der Waals surface area contributed by atoms with Crippen LogP contribution in [0.25, 0.3) is 0 Å². The lowest BCUT2D eigenvalue weighted by Gasteiger charge is -2.51. The molecule has 1 N–H and O–H groups in total. The maximum Gasteiger partial charge on any atom is 0.410 e. The van der Waals surface area contributed by atoms with Crippen molar-refractivity contribution >= 4 is 6.09 Å². The van der Waals surface area contributed by atoms with Gasteiger partial charge in [-0.3, -0.25) is 4.90 Å².